The number of rotatable bonds is 4. The van der Waals surface area contributed by atoms with Crippen LogP contribution >= 0.6 is 0 Å². The van der Waals surface area contributed by atoms with Gasteiger partial charge in [-0.1, -0.05) is 0 Å². The lowest BCUT2D eigenvalue weighted by atomic mass is 9.92. The molecule has 2 N–H and O–H groups in total. The summed E-state index contributed by atoms with van der Waals surface area (Å²) in [6.07, 6.45) is 3.50. The van der Waals surface area contributed by atoms with Gasteiger partial charge in [0.15, 0.2) is 0 Å². The first-order valence-electron chi connectivity index (χ1n) is 6.60. The van der Waals surface area contributed by atoms with Gasteiger partial charge in [0.2, 0.25) is 0 Å². The summed E-state index contributed by atoms with van der Waals surface area (Å²) >= 11 is 0. The lowest BCUT2D eigenvalue weighted by Gasteiger charge is -2.20. The predicted molar refractivity (Wildman–Crippen MR) is 68.1 cm³/mol. The molecule has 5 heteroatoms. The first-order valence-corrected chi connectivity index (χ1v) is 6.60. The number of esters is 1. The topological polar surface area (TPSA) is 70.1 Å². The van der Waals surface area contributed by atoms with Crippen molar-refractivity contribution in [2.24, 2.45) is 5.73 Å². The van der Waals surface area contributed by atoms with Crippen LogP contribution in [-0.4, -0.2) is 22.4 Å². The zero-order valence-electron chi connectivity index (χ0n) is 11.1. The number of aryl methyl sites for hydroxylation is 2. The van der Waals surface area contributed by atoms with E-state index in [2.05, 4.69) is 5.10 Å². The molecule has 1 unspecified atom stereocenters. The number of hydrogen-bond acceptors (Lipinski definition) is 4. The first kappa shape index (κ1) is 13.1. The fourth-order valence-electron chi connectivity index (χ4n) is 2.64. The largest absolute Gasteiger partial charge is 0.466 e. The normalized spacial score (nSPS) is 18.5. The monoisotopic (exact) mass is 251 g/mol. The van der Waals surface area contributed by atoms with Crippen molar-refractivity contribution in [2.45, 2.75) is 52.1 Å². The Balaban J connectivity index is 2.10. The molecule has 0 saturated carbocycles. The van der Waals surface area contributed by atoms with Crippen molar-refractivity contribution < 1.29 is 9.53 Å². The van der Waals surface area contributed by atoms with E-state index in [4.69, 9.17) is 10.5 Å². The fraction of sp³-hybridized carbons (Fsp3) is 0.692. The molecule has 1 aliphatic rings. The van der Waals surface area contributed by atoms with Gasteiger partial charge in [0.25, 0.3) is 0 Å². The van der Waals surface area contributed by atoms with Crippen molar-refractivity contribution in [1.82, 2.24) is 9.78 Å². The van der Waals surface area contributed by atoms with Crippen LogP contribution in [0.1, 0.15) is 49.2 Å². The van der Waals surface area contributed by atoms with Crippen molar-refractivity contribution in [3.05, 3.63) is 17.0 Å². The Morgan fingerprint density at radius 2 is 2.39 bits per heavy atom. The van der Waals surface area contributed by atoms with E-state index in [1.807, 2.05) is 18.5 Å². The van der Waals surface area contributed by atoms with Crippen LogP contribution in [0.25, 0.3) is 0 Å². The summed E-state index contributed by atoms with van der Waals surface area (Å²) in [5.41, 5.74) is 9.51. The Bertz CT molecular complexity index is 440. The average molecular weight is 251 g/mol. The van der Waals surface area contributed by atoms with E-state index in [9.17, 15) is 4.79 Å². The van der Waals surface area contributed by atoms with E-state index in [-0.39, 0.29) is 12.0 Å². The second-order valence-corrected chi connectivity index (χ2v) is 4.72. The molecule has 0 bridgehead atoms. The zero-order chi connectivity index (χ0) is 13.1. The Labute approximate surface area is 107 Å². The molecule has 0 radical (unpaired) electrons. The summed E-state index contributed by atoms with van der Waals surface area (Å²) in [6, 6.07) is 0.102. The van der Waals surface area contributed by atoms with Crippen LogP contribution in [0.2, 0.25) is 0 Å². The van der Waals surface area contributed by atoms with E-state index in [1.54, 1.807) is 0 Å². The molecule has 1 aliphatic carbocycles. The Morgan fingerprint density at radius 1 is 1.61 bits per heavy atom. The van der Waals surface area contributed by atoms with Crippen LogP contribution in [0.4, 0.5) is 0 Å². The van der Waals surface area contributed by atoms with Gasteiger partial charge in [-0.2, -0.15) is 5.10 Å². The number of carbonyl (C=O) groups excluding carboxylic acids is 1. The van der Waals surface area contributed by atoms with E-state index < -0.39 is 0 Å². The van der Waals surface area contributed by atoms with Gasteiger partial charge >= 0.3 is 5.97 Å². The molecule has 18 heavy (non-hydrogen) atoms. The van der Waals surface area contributed by atoms with Crippen LogP contribution in [-0.2, 0) is 22.5 Å². The highest BCUT2D eigenvalue weighted by molar-refractivity contribution is 5.69. The maximum Gasteiger partial charge on any atom is 0.307 e. The van der Waals surface area contributed by atoms with Crippen molar-refractivity contribution in [3.63, 3.8) is 0 Å². The third-order valence-electron chi connectivity index (χ3n) is 3.42. The molecular formula is C13H21N3O2. The first-order chi connectivity index (χ1) is 8.63. The quantitative estimate of drug-likeness (QED) is 0.823. The minimum Gasteiger partial charge on any atom is -0.466 e. The molecule has 1 aromatic heterocycles. The molecule has 0 saturated heterocycles. The number of nitrogens with zero attached hydrogens (tertiary/aromatic N) is 2. The second kappa shape index (κ2) is 5.52. The molecule has 0 fully saturated rings. The number of fused-ring (bicyclic) bond motifs is 1. The molecular weight excluding hydrogens is 230 g/mol. The van der Waals surface area contributed by atoms with Crippen LogP contribution in [0, 0.1) is 6.92 Å². The molecule has 0 aliphatic heterocycles. The highest BCUT2D eigenvalue weighted by Gasteiger charge is 2.24. The molecule has 5 nitrogen and oxygen atoms in total. The van der Waals surface area contributed by atoms with Crippen LogP contribution in [0.15, 0.2) is 0 Å². The fourth-order valence-corrected chi connectivity index (χ4v) is 2.64. The van der Waals surface area contributed by atoms with Gasteiger partial charge in [-0.3, -0.25) is 9.48 Å². The highest BCUT2D eigenvalue weighted by Crippen LogP contribution is 2.30. The molecule has 1 heterocycles. The summed E-state index contributed by atoms with van der Waals surface area (Å²) in [5.74, 6) is -0.167. The number of carbonyl (C=O) groups is 1. The van der Waals surface area contributed by atoms with Gasteiger partial charge in [-0.25, -0.2) is 0 Å². The van der Waals surface area contributed by atoms with Gasteiger partial charge in [0.1, 0.15) is 0 Å². The molecule has 100 valence electrons. The van der Waals surface area contributed by atoms with Crippen molar-refractivity contribution in [1.29, 1.82) is 0 Å². The molecule has 0 spiro atoms. The smallest absolute Gasteiger partial charge is 0.307 e. The third-order valence-corrected chi connectivity index (χ3v) is 3.42. The number of aromatic nitrogens is 2. The van der Waals surface area contributed by atoms with E-state index in [0.717, 1.165) is 25.0 Å². The highest BCUT2D eigenvalue weighted by atomic mass is 16.5. The van der Waals surface area contributed by atoms with Gasteiger partial charge in [0.05, 0.1) is 25.3 Å². The van der Waals surface area contributed by atoms with E-state index in [0.29, 0.717) is 19.6 Å². The van der Waals surface area contributed by atoms with Gasteiger partial charge < -0.3 is 10.5 Å². The van der Waals surface area contributed by atoms with Crippen LogP contribution < -0.4 is 5.73 Å². The maximum atomic E-state index is 11.4. The molecule has 0 amide bonds. The van der Waals surface area contributed by atoms with Gasteiger partial charge in [0, 0.05) is 17.3 Å². The zero-order valence-corrected chi connectivity index (χ0v) is 11.1. The standard InChI is InChI=1S/C13H21N3O2/c1-3-18-12(17)7-8-16-11-6-4-5-10(14)13(11)9(2)15-16/h10H,3-8,14H2,1-2H3. The summed E-state index contributed by atoms with van der Waals surface area (Å²) in [6.45, 7) is 4.82. The Kier molecular flexibility index (Phi) is 4.01. The molecule has 0 aromatic carbocycles. The lowest BCUT2D eigenvalue weighted by molar-refractivity contribution is -0.143. The Hall–Kier alpha value is -1.36. The third kappa shape index (κ3) is 2.56. The summed E-state index contributed by atoms with van der Waals surface area (Å²) in [5, 5.41) is 4.50. The Morgan fingerprint density at radius 3 is 3.11 bits per heavy atom. The number of nitrogens with two attached hydrogens (primary N) is 1. The maximum absolute atomic E-state index is 11.4. The average Bonchev–Trinajstić information content (AvgIpc) is 2.65. The van der Waals surface area contributed by atoms with Crippen LogP contribution in [0.5, 0.6) is 0 Å². The number of hydrogen-bond donors (Lipinski definition) is 1. The van der Waals surface area contributed by atoms with Crippen molar-refractivity contribution in [3.8, 4) is 0 Å². The summed E-state index contributed by atoms with van der Waals surface area (Å²) in [7, 11) is 0. The summed E-state index contributed by atoms with van der Waals surface area (Å²) < 4.78 is 6.86. The van der Waals surface area contributed by atoms with Crippen LogP contribution in [0.3, 0.4) is 0 Å². The van der Waals surface area contributed by atoms with Crippen molar-refractivity contribution >= 4 is 5.97 Å². The van der Waals surface area contributed by atoms with E-state index in [1.165, 1.54) is 11.3 Å². The predicted octanol–water partition coefficient (Wildman–Crippen LogP) is 1.48. The minimum atomic E-state index is -0.167. The SMILES string of the molecule is CCOC(=O)CCn1nc(C)c2c1CCCC2N. The van der Waals surface area contributed by atoms with Gasteiger partial charge in [-0.15, -0.1) is 0 Å². The second-order valence-electron chi connectivity index (χ2n) is 4.72. The van der Waals surface area contributed by atoms with E-state index >= 15 is 0 Å². The minimum absolute atomic E-state index is 0.102. The van der Waals surface area contributed by atoms with Gasteiger partial charge in [-0.05, 0) is 33.1 Å². The molecule has 1 atom stereocenters. The number of ether oxygens (including phenoxy) is 1. The summed E-state index contributed by atoms with van der Waals surface area (Å²) in [4.78, 5) is 11.4. The molecule has 1 aromatic rings. The van der Waals surface area contributed by atoms with Crippen molar-refractivity contribution in [2.75, 3.05) is 6.61 Å². The lowest BCUT2D eigenvalue weighted by Crippen LogP contribution is -2.19. The molecule has 2 rings (SSSR count).